The van der Waals surface area contributed by atoms with Crippen molar-refractivity contribution >= 4 is 11.6 Å². The summed E-state index contributed by atoms with van der Waals surface area (Å²) in [5, 5.41) is 6.12. The summed E-state index contributed by atoms with van der Waals surface area (Å²) in [6.07, 6.45) is 10.0. The number of imidazole rings is 1. The topological polar surface area (TPSA) is 71.8 Å². The maximum absolute atomic E-state index is 12.1. The minimum atomic E-state index is -0.0860. The Bertz CT molecular complexity index is 558. The van der Waals surface area contributed by atoms with Crippen molar-refractivity contribution in [1.29, 1.82) is 0 Å². The normalized spacial score (nSPS) is 18.7. The fourth-order valence-corrected chi connectivity index (χ4v) is 2.31. The summed E-state index contributed by atoms with van der Waals surface area (Å²) in [4.78, 5) is 20.3. The van der Waals surface area contributed by atoms with Gasteiger partial charge in [0.1, 0.15) is 12.1 Å². The molecule has 0 bridgehead atoms. The van der Waals surface area contributed by atoms with Crippen LogP contribution in [-0.4, -0.2) is 33.0 Å². The van der Waals surface area contributed by atoms with Crippen molar-refractivity contribution in [3.8, 4) is 5.82 Å². The molecular formula is C14H17N5O. The first-order valence-electron chi connectivity index (χ1n) is 6.81. The fourth-order valence-electron chi connectivity index (χ4n) is 2.31. The van der Waals surface area contributed by atoms with Gasteiger partial charge in [0.15, 0.2) is 0 Å². The van der Waals surface area contributed by atoms with Crippen molar-refractivity contribution in [2.75, 3.05) is 11.9 Å². The molecule has 0 aliphatic carbocycles. The van der Waals surface area contributed by atoms with Crippen molar-refractivity contribution in [2.45, 2.75) is 25.3 Å². The van der Waals surface area contributed by atoms with Gasteiger partial charge in [0, 0.05) is 12.4 Å². The number of rotatable bonds is 3. The quantitative estimate of drug-likeness (QED) is 0.884. The van der Waals surface area contributed by atoms with E-state index in [9.17, 15) is 4.79 Å². The summed E-state index contributed by atoms with van der Waals surface area (Å²) in [7, 11) is 0. The lowest BCUT2D eigenvalue weighted by Gasteiger charge is -2.22. The summed E-state index contributed by atoms with van der Waals surface area (Å²) in [5.74, 6) is 0.790. The minimum absolute atomic E-state index is 0.0156. The highest BCUT2D eigenvalue weighted by Gasteiger charge is 2.20. The van der Waals surface area contributed by atoms with E-state index in [1.54, 1.807) is 18.7 Å². The van der Waals surface area contributed by atoms with Gasteiger partial charge in [-0.15, -0.1) is 0 Å². The second-order valence-corrected chi connectivity index (χ2v) is 4.87. The number of aromatic nitrogens is 3. The molecule has 6 nitrogen and oxygen atoms in total. The van der Waals surface area contributed by atoms with Gasteiger partial charge in [-0.1, -0.05) is 6.42 Å². The van der Waals surface area contributed by atoms with Gasteiger partial charge in [-0.2, -0.15) is 0 Å². The minimum Gasteiger partial charge on any atom is -0.323 e. The van der Waals surface area contributed by atoms with Gasteiger partial charge in [-0.3, -0.25) is 9.36 Å². The van der Waals surface area contributed by atoms with E-state index >= 15 is 0 Å². The molecule has 0 aromatic carbocycles. The number of hydrogen-bond acceptors (Lipinski definition) is 4. The zero-order valence-electron chi connectivity index (χ0n) is 11.1. The average Bonchev–Trinajstić information content (AvgIpc) is 3.03. The summed E-state index contributed by atoms with van der Waals surface area (Å²) in [6, 6.07) is 3.62. The lowest BCUT2D eigenvalue weighted by Crippen LogP contribution is -2.43. The average molecular weight is 271 g/mol. The first-order chi connectivity index (χ1) is 9.83. The second-order valence-electron chi connectivity index (χ2n) is 4.87. The van der Waals surface area contributed by atoms with E-state index in [1.807, 2.05) is 22.9 Å². The van der Waals surface area contributed by atoms with Gasteiger partial charge in [-0.05, 0) is 31.5 Å². The van der Waals surface area contributed by atoms with Crippen LogP contribution in [0, 0.1) is 0 Å². The van der Waals surface area contributed by atoms with Gasteiger partial charge in [-0.25, -0.2) is 9.97 Å². The molecule has 0 saturated carbocycles. The van der Waals surface area contributed by atoms with Gasteiger partial charge < -0.3 is 10.6 Å². The third kappa shape index (κ3) is 2.85. The standard InChI is InChI=1S/C14H17N5O/c20-14(12-3-1-2-6-16-12)18-11-4-5-13(17-9-11)19-8-7-15-10-19/h4-5,7-10,12,16H,1-3,6H2,(H,18,20). The Morgan fingerprint density at radius 2 is 2.35 bits per heavy atom. The van der Waals surface area contributed by atoms with Gasteiger partial charge >= 0.3 is 0 Å². The number of anilines is 1. The monoisotopic (exact) mass is 271 g/mol. The maximum atomic E-state index is 12.1. The third-order valence-corrected chi connectivity index (χ3v) is 3.41. The van der Waals surface area contributed by atoms with Crippen LogP contribution in [0.5, 0.6) is 0 Å². The Morgan fingerprint density at radius 1 is 1.40 bits per heavy atom. The number of amides is 1. The predicted octanol–water partition coefficient (Wildman–Crippen LogP) is 1.35. The molecule has 1 fully saturated rings. The Hall–Kier alpha value is -2.21. The van der Waals surface area contributed by atoms with Crippen LogP contribution in [0.25, 0.3) is 5.82 Å². The molecule has 0 radical (unpaired) electrons. The van der Waals surface area contributed by atoms with Crippen molar-refractivity contribution in [1.82, 2.24) is 19.9 Å². The molecule has 6 heteroatoms. The Balaban J connectivity index is 1.64. The smallest absolute Gasteiger partial charge is 0.241 e. The second kappa shape index (κ2) is 5.83. The first kappa shape index (κ1) is 12.8. The third-order valence-electron chi connectivity index (χ3n) is 3.41. The maximum Gasteiger partial charge on any atom is 0.241 e. The first-order valence-corrected chi connectivity index (χ1v) is 6.81. The molecule has 1 saturated heterocycles. The molecule has 3 rings (SSSR count). The van der Waals surface area contributed by atoms with Crippen LogP contribution in [0.4, 0.5) is 5.69 Å². The molecule has 1 amide bonds. The molecule has 1 aliphatic rings. The Morgan fingerprint density at radius 3 is 3.00 bits per heavy atom. The molecule has 3 heterocycles. The van der Waals surface area contributed by atoms with E-state index in [4.69, 9.17) is 0 Å². The van der Waals surface area contributed by atoms with E-state index < -0.39 is 0 Å². The van der Waals surface area contributed by atoms with Gasteiger partial charge in [0.2, 0.25) is 5.91 Å². The summed E-state index contributed by atoms with van der Waals surface area (Å²) in [5.41, 5.74) is 0.714. The SMILES string of the molecule is O=C(Nc1ccc(-n2ccnc2)nc1)C1CCCCN1. The van der Waals surface area contributed by atoms with Crippen LogP contribution in [0.1, 0.15) is 19.3 Å². The number of carbonyl (C=O) groups excluding carboxylic acids is 1. The number of hydrogen-bond donors (Lipinski definition) is 2. The summed E-state index contributed by atoms with van der Waals surface area (Å²) in [6.45, 7) is 0.913. The molecule has 1 atom stereocenters. The van der Waals surface area contributed by atoms with Crippen LogP contribution >= 0.6 is 0 Å². The number of nitrogens with one attached hydrogen (secondary N) is 2. The number of carbonyl (C=O) groups is 1. The number of nitrogens with zero attached hydrogens (tertiary/aromatic N) is 3. The molecule has 1 unspecified atom stereocenters. The molecule has 2 aromatic heterocycles. The van der Waals surface area contributed by atoms with Crippen LogP contribution < -0.4 is 10.6 Å². The molecule has 104 valence electrons. The summed E-state index contributed by atoms with van der Waals surface area (Å²) >= 11 is 0. The lowest BCUT2D eigenvalue weighted by atomic mass is 10.0. The predicted molar refractivity (Wildman–Crippen MR) is 75.6 cm³/mol. The Labute approximate surface area is 117 Å². The van der Waals surface area contributed by atoms with Crippen LogP contribution in [-0.2, 0) is 4.79 Å². The van der Waals surface area contributed by atoms with E-state index in [0.717, 1.165) is 31.6 Å². The van der Waals surface area contributed by atoms with Gasteiger partial charge in [0.05, 0.1) is 17.9 Å². The van der Waals surface area contributed by atoms with Crippen molar-refractivity contribution in [2.24, 2.45) is 0 Å². The van der Waals surface area contributed by atoms with E-state index in [2.05, 4.69) is 20.6 Å². The number of pyridine rings is 1. The molecule has 2 aromatic rings. The van der Waals surface area contributed by atoms with Crippen molar-refractivity contribution in [3.05, 3.63) is 37.1 Å². The molecule has 2 N–H and O–H groups in total. The highest BCUT2D eigenvalue weighted by molar-refractivity contribution is 5.94. The van der Waals surface area contributed by atoms with Crippen molar-refractivity contribution in [3.63, 3.8) is 0 Å². The fraction of sp³-hybridized carbons (Fsp3) is 0.357. The van der Waals surface area contributed by atoms with Crippen LogP contribution in [0.15, 0.2) is 37.1 Å². The van der Waals surface area contributed by atoms with E-state index in [0.29, 0.717) is 5.69 Å². The zero-order chi connectivity index (χ0) is 13.8. The molecule has 1 aliphatic heterocycles. The summed E-state index contributed by atoms with van der Waals surface area (Å²) < 4.78 is 1.81. The Kier molecular flexibility index (Phi) is 3.73. The molecular weight excluding hydrogens is 254 g/mol. The van der Waals surface area contributed by atoms with E-state index in [1.165, 1.54) is 0 Å². The van der Waals surface area contributed by atoms with Crippen LogP contribution in [0.3, 0.4) is 0 Å². The highest BCUT2D eigenvalue weighted by atomic mass is 16.2. The highest BCUT2D eigenvalue weighted by Crippen LogP contribution is 2.12. The zero-order valence-corrected chi connectivity index (χ0v) is 11.1. The van der Waals surface area contributed by atoms with Gasteiger partial charge in [0.25, 0.3) is 0 Å². The van der Waals surface area contributed by atoms with Crippen molar-refractivity contribution < 1.29 is 4.79 Å². The molecule has 20 heavy (non-hydrogen) atoms. The lowest BCUT2D eigenvalue weighted by molar-refractivity contribution is -0.118. The van der Waals surface area contributed by atoms with Crippen LogP contribution in [0.2, 0.25) is 0 Å². The molecule has 0 spiro atoms. The van der Waals surface area contributed by atoms with E-state index in [-0.39, 0.29) is 11.9 Å². The number of piperidine rings is 1. The largest absolute Gasteiger partial charge is 0.323 e.